The van der Waals surface area contributed by atoms with E-state index in [9.17, 15) is 26.4 Å². The molecular weight excluding hydrogens is 327 g/mol. The topological polar surface area (TPSA) is 72.9 Å². The highest BCUT2D eigenvalue weighted by Gasteiger charge is 2.32. The summed E-state index contributed by atoms with van der Waals surface area (Å²) in [6.45, 7) is -0.00197. The molecule has 0 amide bonds. The fourth-order valence-corrected chi connectivity index (χ4v) is 3.35. The Kier molecular flexibility index (Phi) is 4.73. The van der Waals surface area contributed by atoms with Crippen LogP contribution in [0.2, 0.25) is 0 Å². The molecule has 1 atom stereocenters. The Morgan fingerprint density at radius 3 is 2.45 bits per heavy atom. The summed E-state index contributed by atoms with van der Waals surface area (Å²) in [5.41, 5.74) is 0. The van der Waals surface area contributed by atoms with Gasteiger partial charge in [0.15, 0.2) is 0 Å². The van der Waals surface area contributed by atoms with Crippen molar-refractivity contribution >= 4 is 16.3 Å². The van der Waals surface area contributed by atoms with Crippen molar-refractivity contribution in [2.24, 2.45) is 0 Å². The van der Waals surface area contributed by atoms with Gasteiger partial charge in [-0.3, -0.25) is 0 Å². The summed E-state index contributed by atoms with van der Waals surface area (Å²) >= 11 is 0. The zero-order chi connectivity index (χ0) is 16.4. The van der Waals surface area contributed by atoms with Crippen LogP contribution >= 0.6 is 0 Å². The molecule has 0 aliphatic carbocycles. The Labute approximate surface area is 124 Å². The molecule has 22 heavy (non-hydrogen) atoms. The first-order chi connectivity index (χ1) is 10.2. The molecule has 0 bridgehead atoms. The van der Waals surface area contributed by atoms with Crippen molar-refractivity contribution in [2.75, 3.05) is 19.7 Å². The number of halogens is 3. The fourth-order valence-electron chi connectivity index (χ4n) is 1.91. The molecule has 1 aromatic carbocycles. The molecule has 6 nitrogen and oxygen atoms in total. The third kappa shape index (κ3) is 3.96. The van der Waals surface area contributed by atoms with Crippen LogP contribution in [-0.2, 0) is 19.6 Å². The van der Waals surface area contributed by atoms with E-state index in [1.165, 1.54) is 0 Å². The highest BCUT2D eigenvalue weighted by atomic mass is 32.2. The second kappa shape index (κ2) is 6.23. The van der Waals surface area contributed by atoms with E-state index in [2.05, 4.69) is 4.74 Å². The van der Waals surface area contributed by atoms with Crippen LogP contribution in [0.5, 0.6) is 5.75 Å². The molecule has 2 rings (SSSR count). The molecule has 1 aromatic rings. The zero-order valence-electron chi connectivity index (χ0n) is 11.1. The van der Waals surface area contributed by atoms with Gasteiger partial charge in [-0.05, 0) is 24.3 Å². The smallest absolute Gasteiger partial charge is 0.406 e. The summed E-state index contributed by atoms with van der Waals surface area (Å²) in [5, 5.41) is 0. The van der Waals surface area contributed by atoms with Crippen molar-refractivity contribution in [3.8, 4) is 5.75 Å². The number of carbonyl (C=O) groups excluding carboxylic acids is 1. The molecule has 0 spiro atoms. The van der Waals surface area contributed by atoms with E-state index in [1.54, 1.807) is 0 Å². The van der Waals surface area contributed by atoms with Crippen LogP contribution in [-0.4, -0.2) is 51.2 Å². The number of carbonyl (C=O) groups is 1. The maximum Gasteiger partial charge on any atom is 0.573 e. The Morgan fingerprint density at radius 1 is 1.27 bits per heavy atom. The van der Waals surface area contributed by atoms with Gasteiger partial charge in [-0.1, -0.05) is 0 Å². The lowest BCUT2D eigenvalue weighted by Gasteiger charge is -2.29. The summed E-state index contributed by atoms with van der Waals surface area (Å²) in [5.74, 6) is -0.515. The number of alkyl halides is 3. The highest BCUT2D eigenvalue weighted by molar-refractivity contribution is 7.89. The number of sulfonamides is 1. The van der Waals surface area contributed by atoms with E-state index < -0.39 is 28.2 Å². The van der Waals surface area contributed by atoms with Crippen molar-refractivity contribution in [1.82, 2.24) is 4.31 Å². The summed E-state index contributed by atoms with van der Waals surface area (Å²) in [6, 6.07) is 3.86. The van der Waals surface area contributed by atoms with Crippen molar-refractivity contribution in [1.29, 1.82) is 0 Å². The molecule has 1 unspecified atom stereocenters. The monoisotopic (exact) mass is 339 g/mol. The molecule has 1 aliphatic heterocycles. The van der Waals surface area contributed by atoms with Crippen molar-refractivity contribution in [2.45, 2.75) is 17.4 Å². The first-order valence-corrected chi connectivity index (χ1v) is 7.59. The van der Waals surface area contributed by atoms with E-state index >= 15 is 0 Å². The van der Waals surface area contributed by atoms with Gasteiger partial charge in [0.1, 0.15) is 18.1 Å². The molecule has 0 N–H and O–H groups in total. The number of nitrogens with zero attached hydrogens (tertiary/aromatic N) is 1. The zero-order valence-corrected chi connectivity index (χ0v) is 11.9. The Balaban J connectivity index is 2.17. The second-order valence-electron chi connectivity index (χ2n) is 4.43. The lowest BCUT2D eigenvalue weighted by atomic mass is 10.3. The van der Waals surface area contributed by atoms with Gasteiger partial charge in [0.25, 0.3) is 0 Å². The molecule has 1 fully saturated rings. The van der Waals surface area contributed by atoms with Gasteiger partial charge in [-0.15, -0.1) is 13.2 Å². The highest BCUT2D eigenvalue weighted by Crippen LogP contribution is 2.25. The SMILES string of the molecule is O=CC1CN(S(=O)(=O)c2ccc(OC(F)(F)F)cc2)CCO1. The fraction of sp³-hybridized carbons (Fsp3) is 0.417. The van der Waals surface area contributed by atoms with Crippen LogP contribution in [0.15, 0.2) is 29.2 Å². The van der Waals surface area contributed by atoms with Crippen LogP contribution in [0.25, 0.3) is 0 Å². The van der Waals surface area contributed by atoms with Crippen molar-refractivity contribution < 1.29 is 35.9 Å². The molecular formula is C12H12F3NO5S. The standard InChI is InChI=1S/C12H12F3NO5S/c13-12(14,15)21-9-1-3-11(4-2-9)22(18,19)16-5-6-20-10(7-16)8-17/h1-4,8,10H,5-7H2. The maximum atomic E-state index is 12.3. The first kappa shape index (κ1) is 16.7. The van der Waals surface area contributed by atoms with Gasteiger partial charge in [0, 0.05) is 13.1 Å². The minimum absolute atomic E-state index is 0.0630. The largest absolute Gasteiger partial charge is 0.573 e. The molecule has 0 aromatic heterocycles. The van der Waals surface area contributed by atoms with Crippen LogP contribution in [0.1, 0.15) is 0 Å². The number of benzene rings is 1. The van der Waals surface area contributed by atoms with E-state index in [0.29, 0.717) is 6.29 Å². The average molecular weight is 339 g/mol. The maximum absolute atomic E-state index is 12.3. The summed E-state index contributed by atoms with van der Waals surface area (Å²) in [7, 11) is -3.91. The van der Waals surface area contributed by atoms with Gasteiger partial charge in [-0.2, -0.15) is 4.31 Å². The molecule has 1 aliphatic rings. The summed E-state index contributed by atoms with van der Waals surface area (Å²) in [4.78, 5) is 10.5. The third-order valence-electron chi connectivity index (χ3n) is 2.90. The normalized spacial score (nSPS) is 20.6. The Hall–Kier alpha value is -1.65. The summed E-state index contributed by atoms with van der Waals surface area (Å²) < 4.78 is 70.6. The van der Waals surface area contributed by atoms with E-state index in [-0.39, 0.29) is 24.6 Å². The lowest BCUT2D eigenvalue weighted by Crippen LogP contribution is -2.46. The lowest BCUT2D eigenvalue weighted by molar-refractivity contribution is -0.274. The van der Waals surface area contributed by atoms with Gasteiger partial charge in [0.05, 0.1) is 11.5 Å². The Bertz CT molecular complexity index is 629. The van der Waals surface area contributed by atoms with Gasteiger partial charge in [0.2, 0.25) is 10.0 Å². The Morgan fingerprint density at radius 2 is 1.91 bits per heavy atom. The average Bonchev–Trinajstić information content (AvgIpc) is 2.46. The van der Waals surface area contributed by atoms with E-state index in [0.717, 1.165) is 28.6 Å². The van der Waals surface area contributed by atoms with Crippen molar-refractivity contribution in [3.63, 3.8) is 0 Å². The minimum Gasteiger partial charge on any atom is -0.406 e. The molecule has 1 saturated heterocycles. The predicted octanol–water partition coefficient (Wildman–Crippen LogP) is 1.17. The van der Waals surface area contributed by atoms with Crippen LogP contribution in [0.4, 0.5) is 13.2 Å². The summed E-state index contributed by atoms with van der Waals surface area (Å²) in [6.07, 6.45) is -5.19. The molecule has 122 valence electrons. The van der Waals surface area contributed by atoms with Crippen molar-refractivity contribution in [3.05, 3.63) is 24.3 Å². The van der Waals surface area contributed by atoms with Crippen LogP contribution in [0, 0.1) is 0 Å². The van der Waals surface area contributed by atoms with Crippen LogP contribution < -0.4 is 4.74 Å². The number of aldehydes is 1. The quantitative estimate of drug-likeness (QED) is 0.770. The number of hydrogen-bond acceptors (Lipinski definition) is 5. The first-order valence-electron chi connectivity index (χ1n) is 6.15. The minimum atomic E-state index is -4.85. The molecule has 10 heteroatoms. The molecule has 0 radical (unpaired) electrons. The molecule has 0 saturated carbocycles. The van der Waals surface area contributed by atoms with E-state index in [4.69, 9.17) is 4.74 Å². The predicted molar refractivity (Wildman–Crippen MR) is 67.7 cm³/mol. The van der Waals surface area contributed by atoms with Crippen LogP contribution in [0.3, 0.4) is 0 Å². The number of morpholine rings is 1. The van der Waals surface area contributed by atoms with Gasteiger partial charge < -0.3 is 14.3 Å². The number of ether oxygens (including phenoxy) is 2. The van der Waals surface area contributed by atoms with E-state index in [1.807, 2.05) is 0 Å². The van der Waals surface area contributed by atoms with Gasteiger partial charge in [-0.25, -0.2) is 8.42 Å². The number of rotatable bonds is 4. The second-order valence-corrected chi connectivity index (χ2v) is 6.37. The van der Waals surface area contributed by atoms with Gasteiger partial charge >= 0.3 is 6.36 Å². The number of hydrogen-bond donors (Lipinski definition) is 0. The molecule has 1 heterocycles. The third-order valence-corrected chi connectivity index (χ3v) is 4.78.